The SMILES string of the molecule is NC(CO)CCSc1ccc(F)cc1. The first-order valence-corrected chi connectivity index (χ1v) is 5.45. The van der Waals surface area contributed by atoms with Crippen LogP contribution in [-0.4, -0.2) is 23.5 Å². The number of halogens is 1. The second kappa shape index (κ2) is 6.01. The standard InChI is InChI=1S/C10H14FNOS/c11-8-1-3-10(4-2-8)14-6-5-9(12)7-13/h1-4,9,13H,5-7,12H2. The average Bonchev–Trinajstić information content (AvgIpc) is 2.21. The second-order valence-corrected chi connectivity index (χ2v) is 4.20. The molecule has 0 aliphatic heterocycles. The first-order chi connectivity index (χ1) is 6.72. The third kappa shape index (κ3) is 4.09. The highest BCUT2D eigenvalue weighted by Gasteiger charge is 2.00. The highest BCUT2D eigenvalue weighted by molar-refractivity contribution is 7.99. The van der Waals surface area contributed by atoms with Crippen molar-refractivity contribution in [3.8, 4) is 0 Å². The quantitative estimate of drug-likeness (QED) is 0.734. The van der Waals surface area contributed by atoms with Gasteiger partial charge < -0.3 is 10.8 Å². The molecule has 0 saturated heterocycles. The summed E-state index contributed by atoms with van der Waals surface area (Å²) in [6, 6.07) is 6.21. The number of rotatable bonds is 5. The third-order valence-electron chi connectivity index (χ3n) is 1.81. The summed E-state index contributed by atoms with van der Waals surface area (Å²) in [6.45, 7) is 0.0178. The van der Waals surface area contributed by atoms with E-state index in [2.05, 4.69) is 0 Å². The molecule has 0 radical (unpaired) electrons. The van der Waals surface area contributed by atoms with Crippen molar-refractivity contribution >= 4 is 11.8 Å². The molecule has 0 aliphatic rings. The van der Waals surface area contributed by atoms with Crippen LogP contribution >= 0.6 is 11.8 Å². The zero-order valence-electron chi connectivity index (χ0n) is 7.82. The molecule has 0 bridgehead atoms. The Balaban J connectivity index is 2.28. The summed E-state index contributed by atoms with van der Waals surface area (Å²) in [5.41, 5.74) is 5.54. The number of hydrogen-bond acceptors (Lipinski definition) is 3. The van der Waals surface area contributed by atoms with Crippen LogP contribution in [0.3, 0.4) is 0 Å². The van der Waals surface area contributed by atoms with Crippen LogP contribution in [0.1, 0.15) is 6.42 Å². The minimum atomic E-state index is -0.221. The Morgan fingerprint density at radius 3 is 2.57 bits per heavy atom. The van der Waals surface area contributed by atoms with E-state index in [4.69, 9.17) is 10.8 Å². The monoisotopic (exact) mass is 215 g/mol. The normalized spacial score (nSPS) is 12.8. The van der Waals surface area contributed by atoms with E-state index >= 15 is 0 Å². The van der Waals surface area contributed by atoms with Gasteiger partial charge in [-0.25, -0.2) is 4.39 Å². The Hall–Kier alpha value is -0.580. The zero-order valence-corrected chi connectivity index (χ0v) is 8.64. The first-order valence-electron chi connectivity index (χ1n) is 4.47. The summed E-state index contributed by atoms with van der Waals surface area (Å²) in [5, 5.41) is 8.68. The molecular formula is C10H14FNOS. The molecule has 0 spiro atoms. The average molecular weight is 215 g/mol. The highest BCUT2D eigenvalue weighted by Crippen LogP contribution is 2.18. The Morgan fingerprint density at radius 1 is 1.36 bits per heavy atom. The van der Waals surface area contributed by atoms with E-state index < -0.39 is 0 Å². The maximum Gasteiger partial charge on any atom is 0.123 e. The Labute approximate surface area is 87.3 Å². The van der Waals surface area contributed by atoms with Crippen molar-refractivity contribution < 1.29 is 9.50 Å². The van der Waals surface area contributed by atoms with Gasteiger partial charge in [0.05, 0.1) is 6.61 Å². The molecule has 1 unspecified atom stereocenters. The number of benzene rings is 1. The lowest BCUT2D eigenvalue weighted by atomic mass is 10.3. The predicted molar refractivity (Wildman–Crippen MR) is 56.8 cm³/mol. The van der Waals surface area contributed by atoms with E-state index in [1.54, 1.807) is 23.9 Å². The van der Waals surface area contributed by atoms with Crippen LogP contribution in [0.4, 0.5) is 4.39 Å². The summed E-state index contributed by atoms with van der Waals surface area (Å²) in [6.07, 6.45) is 0.762. The van der Waals surface area contributed by atoms with Gasteiger partial charge in [-0.15, -0.1) is 11.8 Å². The maximum absolute atomic E-state index is 12.5. The van der Waals surface area contributed by atoms with Crippen molar-refractivity contribution in [3.63, 3.8) is 0 Å². The summed E-state index contributed by atoms with van der Waals surface area (Å²) in [5.74, 6) is 0.620. The van der Waals surface area contributed by atoms with Gasteiger partial charge in [-0.05, 0) is 36.4 Å². The van der Waals surface area contributed by atoms with Crippen LogP contribution in [0.15, 0.2) is 29.2 Å². The van der Waals surface area contributed by atoms with Crippen molar-refractivity contribution in [1.29, 1.82) is 0 Å². The van der Waals surface area contributed by atoms with E-state index in [0.29, 0.717) is 0 Å². The number of hydrogen-bond donors (Lipinski definition) is 2. The third-order valence-corrected chi connectivity index (χ3v) is 2.85. The molecule has 78 valence electrons. The van der Waals surface area contributed by atoms with Crippen molar-refractivity contribution in [2.75, 3.05) is 12.4 Å². The van der Waals surface area contributed by atoms with Crippen molar-refractivity contribution in [2.45, 2.75) is 17.4 Å². The fourth-order valence-corrected chi connectivity index (χ4v) is 1.94. The highest BCUT2D eigenvalue weighted by atomic mass is 32.2. The largest absolute Gasteiger partial charge is 0.395 e. The smallest absolute Gasteiger partial charge is 0.123 e. The van der Waals surface area contributed by atoms with E-state index in [1.165, 1.54) is 12.1 Å². The number of aliphatic hydroxyl groups excluding tert-OH is 1. The molecule has 4 heteroatoms. The number of nitrogens with two attached hydrogens (primary N) is 1. The van der Waals surface area contributed by atoms with E-state index in [9.17, 15) is 4.39 Å². The first kappa shape index (κ1) is 11.5. The van der Waals surface area contributed by atoms with Crippen LogP contribution < -0.4 is 5.73 Å². The van der Waals surface area contributed by atoms with Crippen LogP contribution in [0.5, 0.6) is 0 Å². The molecule has 1 aromatic rings. The van der Waals surface area contributed by atoms with Gasteiger partial charge in [0.1, 0.15) is 5.82 Å². The van der Waals surface area contributed by atoms with Crippen LogP contribution in [-0.2, 0) is 0 Å². The van der Waals surface area contributed by atoms with Crippen molar-refractivity contribution in [3.05, 3.63) is 30.1 Å². The molecule has 0 saturated carbocycles. The second-order valence-electron chi connectivity index (χ2n) is 3.03. The summed E-state index contributed by atoms with van der Waals surface area (Å²) in [4.78, 5) is 1.02. The minimum Gasteiger partial charge on any atom is -0.395 e. The van der Waals surface area contributed by atoms with Gasteiger partial charge in [0.2, 0.25) is 0 Å². The van der Waals surface area contributed by atoms with Gasteiger partial charge in [-0.2, -0.15) is 0 Å². The molecule has 0 aromatic heterocycles. The lowest BCUT2D eigenvalue weighted by Crippen LogP contribution is -2.24. The Bertz CT molecular complexity index is 265. The van der Waals surface area contributed by atoms with Crippen molar-refractivity contribution in [1.82, 2.24) is 0 Å². The summed E-state index contributed by atoms with van der Waals surface area (Å²) < 4.78 is 12.5. The Kier molecular flexibility index (Phi) is 4.93. The van der Waals surface area contributed by atoms with Crippen LogP contribution in [0.2, 0.25) is 0 Å². The number of aliphatic hydroxyl groups is 1. The van der Waals surface area contributed by atoms with Gasteiger partial charge in [-0.1, -0.05) is 0 Å². The lowest BCUT2D eigenvalue weighted by Gasteiger charge is -2.06. The maximum atomic E-state index is 12.5. The van der Waals surface area contributed by atoms with Crippen molar-refractivity contribution in [2.24, 2.45) is 5.73 Å². The molecule has 0 amide bonds. The molecule has 1 rings (SSSR count). The molecular weight excluding hydrogens is 201 g/mol. The fraction of sp³-hybridized carbons (Fsp3) is 0.400. The molecule has 0 aliphatic carbocycles. The van der Waals surface area contributed by atoms with E-state index in [0.717, 1.165) is 17.1 Å². The van der Waals surface area contributed by atoms with E-state index in [-0.39, 0.29) is 18.5 Å². The van der Waals surface area contributed by atoms with Gasteiger partial charge >= 0.3 is 0 Å². The van der Waals surface area contributed by atoms with Crippen LogP contribution in [0, 0.1) is 5.82 Å². The molecule has 2 nitrogen and oxygen atoms in total. The topological polar surface area (TPSA) is 46.2 Å². The van der Waals surface area contributed by atoms with Gasteiger partial charge in [0, 0.05) is 10.9 Å². The number of thioether (sulfide) groups is 1. The van der Waals surface area contributed by atoms with E-state index in [1.807, 2.05) is 0 Å². The molecule has 1 aromatic carbocycles. The summed E-state index contributed by atoms with van der Waals surface area (Å²) >= 11 is 1.62. The summed E-state index contributed by atoms with van der Waals surface area (Å²) in [7, 11) is 0. The molecule has 14 heavy (non-hydrogen) atoms. The molecule has 1 atom stereocenters. The lowest BCUT2D eigenvalue weighted by molar-refractivity contribution is 0.264. The predicted octanol–water partition coefficient (Wildman–Crippen LogP) is 1.63. The van der Waals surface area contributed by atoms with Gasteiger partial charge in [0.15, 0.2) is 0 Å². The zero-order chi connectivity index (χ0) is 10.4. The minimum absolute atomic E-state index is 0.0178. The molecule has 0 fully saturated rings. The Morgan fingerprint density at radius 2 is 2.00 bits per heavy atom. The van der Waals surface area contributed by atoms with Gasteiger partial charge in [0.25, 0.3) is 0 Å². The fourth-order valence-electron chi connectivity index (χ4n) is 0.950. The molecule has 3 N–H and O–H groups in total. The van der Waals surface area contributed by atoms with Gasteiger partial charge in [-0.3, -0.25) is 0 Å². The molecule has 0 heterocycles. The van der Waals surface area contributed by atoms with Crippen LogP contribution in [0.25, 0.3) is 0 Å².